The van der Waals surface area contributed by atoms with Gasteiger partial charge in [-0.05, 0) is 43.0 Å². The van der Waals surface area contributed by atoms with E-state index in [1.165, 1.54) is 0 Å². The first-order valence-corrected chi connectivity index (χ1v) is 9.88. The first-order chi connectivity index (χ1) is 13.7. The minimum atomic E-state index is -0.0737. The maximum Gasteiger partial charge on any atom is 0.251 e. The smallest absolute Gasteiger partial charge is 0.251 e. The SMILES string of the molecule is O=C(NC1CCCN(c2ncccn2)C1)c1cccc(CN2CCCC2=O)c1. The van der Waals surface area contributed by atoms with E-state index in [2.05, 4.69) is 20.2 Å². The second kappa shape index (κ2) is 8.37. The van der Waals surface area contributed by atoms with Crippen molar-refractivity contribution >= 4 is 17.8 Å². The molecule has 146 valence electrons. The van der Waals surface area contributed by atoms with Gasteiger partial charge in [-0.1, -0.05) is 12.1 Å². The van der Waals surface area contributed by atoms with E-state index in [9.17, 15) is 9.59 Å². The molecule has 3 heterocycles. The lowest BCUT2D eigenvalue weighted by molar-refractivity contribution is -0.128. The summed E-state index contributed by atoms with van der Waals surface area (Å²) in [5, 5.41) is 3.15. The van der Waals surface area contributed by atoms with Crippen LogP contribution in [0.15, 0.2) is 42.7 Å². The molecule has 4 rings (SSSR count). The summed E-state index contributed by atoms with van der Waals surface area (Å²) in [6.07, 6.45) is 6.95. The molecule has 0 saturated carbocycles. The molecule has 2 aliphatic rings. The van der Waals surface area contributed by atoms with Gasteiger partial charge in [-0.2, -0.15) is 0 Å². The minimum absolute atomic E-state index is 0.0638. The zero-order valence-electron chi connectivity index (χ0n) is 15.9. The quantitative estimate of drug-likeness (QED) is 0.860. The van der Waals surface area contributed by atoms with Gasteiger partial charge in [0.25, 0.3) is 5.91 Å². The Bertz CT molecular complexity index is 842. The third kappa shape index (κ3) is 4.30. The summed E-state index contributed by atoms with van der Waals surface area (Å²) in [5.74, 6) is 0.828. The lowest BCUT2D eigenvalue weighted by atomic mass is 10.0. The number of hydrogen-bond donors (Lipinski definition) is 1. The average Bonchev–Trinajstić information content (AvgIpc) is 3.13. The standard InChI is InChI=1S/C21H25N5O2/c27-19-8-3-11-25(19)14-16-5-1-6-17(13-16)20(28)24-18-7-2-12-26(15-18)21-22-9-4-10-23-21/h1,4-6,9-10,13,18H,2-3,7-8,11-12,14-15H2,(H,24,28). The van der Waals surface area contributed by atoms with Gasteiger partial charge >= 0.3 is 0 Å². The number of nitrogens with one attached hydrogen (secondary N) is 1. The van der Waals surface area contributed by atoms with Crippen LogP contribution in [0.25, 0.3) is 0 Å². The summed E-state index contributed by atoms with van der Waals surface area (Å²) in [7, 11) is 0. The number of likely N-dealkylation sites (tertiary alicyclic amines) is 1. The number of carbonyl (C=O) groups excluding carboxylic acids is 2. The lowest BCUT2D eigenvalue weighted by Crippen LogP contribution is -2.48. The van der Waals surface area contributed by atoms with Crippen molar-refractivity contribution in [2.24, 2.45) is 0 Å². The molecule has 7 heteroatoms. The van der Waals surface area contributed by atoms with Crippen LogP contribution in [-0.2, 0) is 11.3 Å². The van der Waals surface area contributed by atoms with E-state index < -0.39 is 0 Å². The van der Waals surface area contributed by atoms with Crippen molar-refractivity contribution in [1.82, 2.24) is 20.2 Å². The normalized spacial score (nSPS) is 19.7. The van der Waals surface area contributed by atoms with E-state index in [0.717, 1.165) is 37.9 Å². The van der Waals surface area contributed by atoms with Crippen LogP contribution in [0, 0.1) is 0 Å². The molecule has 1 aromatic carbocycles. The lowest BCUT2D eigenvalue weighted by Gasteiger charge is -2.33. The van der Waals surface area contributed by atoms with Crippen molar-refractivity contribution in [1.29, 1.82) is 0 Å². The number of anilines is 1. The fourth-order valence-corrected chi connectivity index (χ4v) is 3.90. The topological polar surface area (TPSA) is 78.4 Å². The molecule has 1 atom stereocenters. The second-order valence-electron chi connectivity index (χ2n) is 7.43. The number of nitrogens with zero attached hydrogens (tertiary/aromatic N) is 4. The second-order valence-corrected chi connectivity index (χ2v) is 7.43. The van der Waals surface area contributed by atoms with Crippen LogP contribution >= 0.6 is 0 Å². The molecule has 2 aliphatic heterocycles. The van der Waals surface area contributed by atoms with Gasteiger partial charge in [0.05, 0.1) is 0 Å². The largest absolute Gasteiger partial charge is 0.348 e. The molecule has 0 spiro atoms. The van der Waals surface area contributed by atoms with Crippen molar-refractivity contribution in [3.8, 4) is 0 Å². The van der Waals surface area contributed by atoms with Crippen LogP contribution < -0.4 is 10.2 Å². The zero-order valence-corrected chi connectivity index (χ0v) is 15.9. The predicted octanol–water partition coefficient (Wildman–Crippen LogP) is 2.00. The van der Waals surface area contributed by atoms with E-state index in [1.807, 2.05) is 29.2 Å². The van der Waals surface area contributed by atoms with Gasteiger partial charge in [0.1, 0.15) is 0 Å². The number of amides is 2. The van der Waals surface area contributed by atoms with E-state index in [-0.39, 0.29) is 17.9 Å². The molecule has 2 fully saturated rings. The summed E-state index contributed by atoms with van der Waals surface area (Å²) in [5.41, 5.74) is 1.63. The Labute approximate surface area is 164 Å². The highest BCUT2D eigenvalue weighted by Gasteiger charge is 2.24. The van der Waals surface area contributed by atoms with Gasteiger partial charge in [0.2, 0.25) is 11.9 Å². The molecule has 0 bridgehead atoms. The van der Waals surface area contributed by atoms with Gasteiger partial charge in [0, 0.05) is 56.6 Å². The number of carbonyl (C=O) groups is 2. The van der Waals surface area contributed by atoms with Gasteiger partial charge in [-0.25, -0.2) is 9.97 Å². The third-order valence-corrected chi connectivity index (χ3v) is 5.33. The predicted molar refractivity (Wildman–Crippen MR) is 106 cm³/mol. The third-order valence-electron chi connectivity index (χ3n) is 5.33. The summed E-state index contributed by atoms with van der Waals surface area (Å²) in [6, 6.07) is 9.43. The first-order valence-electron chi connectivity index (χ1n) is 9.88. The van der Waals surface area contributed by atoms with Crippen molar-refractivity contribution < 1.29 is 9.59 Å². The maximum atomic E-state index is 12.8. The van der Waals surface area contributed by atoms with E-state index >= 15 is 0 Å². The van der Waals surface area contributed by atoms with Crippen LogP contribution in [0.4, 0.5) is 5.95 Å². The number of hydrogen-bond acceptors (Lipinski definition) is 5. The Kier molecular flexibility index (Phi) is 5.50. The highest BCUT2D eigenvalue weighted by atomic mass is 16.2. The Hall–Kier alpha value is -2.96. The highest BCUT2D eigenvalue weighted by Crippen LogP contribution is 2.17. The number of benzene rings is 1. The summed E-state index contributed by atoms with van der Waals surface area (Å²) >= 11 is 0. The fourth-order valence-electron chi connectivity index (χ4n) is 3.90. The summed E-state index contributed by atoms with van der Waals surface area (Å²) < 4.78 is 0. The highest BCUT2D eigenvalue weighted by molar-refractivity contribution is 5.94. The molecule has 0 aliphatic carbocycles. The molecular weight excluding hydrogens is 354 g/mol. The van der Waals surface area contributed by atoms with Crippen LogP contribution in [0.2, 0.25) is 0 Å². The fraction of sp³-hybridized carbons (Fsp3) is 0.429. The van der Waals surface area contributed by atoms with Crippen molar-refractivity contribution in [2.75, 3.05) is 24.5 Å². The van der Waals surface area contributed by atoms with E-state index in [4.69, 9.17) is 0 Å². The van der Waals surface area contributed by atoms with Gasteiger partial charge in [0.15, 0.2) is 0 Å². The van der Waals surface area contributed by atoms with Crippen molar-refractivity contribution in [3.05, 3.63) is 53.9 Å². The maximum absolute atomic E-state index is 12.8. The molecule has 1 aromatic heterocycles. The molecule has 1 unspecified atom stereocenters. The van der Waals surface area contributed by atoms with Gasteiger partial charge < -0.3 is 15.1 Å². The van der Waals surface area contributed by atoms with Crippen LogP contribution in [0.1, 0.15) is 41.6 Å². The monoisotopic (exact) mass is 379 g/mol. The average molecular weight is 379 g/mol. The Morgan fingerprint density at radius 2 is 2.00 bits per heavy atom. The molecule has 2 saturated heterocycles. The van der Waals surface area contributed by atoms with Crippen LogP contribution in [-0.4, -0.2) is 52.4 Å². The van der Waals surface area contributed by atoms with Crippen LogP contribution in [0.5, 0.6) is 0 Å². The number of rotatable bonds is 5. The van der Waals surface area contributed by atoms with Crippen LogP contribution in [0.3, 0.4) is 0 Å². The molecule has 2 amide bonds. The number of aromatic nitrogens is 2. The Morgan fingerprint density at radius 1 is 1.14 bits per heavy atom. The van der Waals surface area contributed by atoms with E-state index in [0.29, 0.717) is 31.0 Å². The summed E-state index contributed by atoms with van der Waals surface area (Å²) in [4.78, 5) is 37.2. The molecule has 1 N–H and O–H groups in total. The molecular formula is C21H25N5O2. The zero-order chi connectivity index (χ0) is 19.3. The molecule has 2 aromatic rings. The van der Waals surface area contributed by atoms with Gasteiger partial charge in [-0.15, -0.1) is 0 Å². The molecule has 0 radical (unpaired) electrons. The van der Waals surface area contributed by atoms with Crippen molar-refractivity contribution in [2.45, 2.75) is 38.3 Å². The van der Waals surface area contributed by atoms with Gasteiger partial charge in [-0.3, -0.25) is 9.59 Å². The van der Waals surface area contributed by atoms with Crippen molar-refractivity contribution in [3.63, 3.8) is 0 Å². The summed E-state index contributed by atoms with van der Waals surface area (Å²) in [6.45, 7) is 2.98. The number of piperidine rings is 1. The Morgan fingerprint density at radius 3 is 2.79 bits per heavy atom. The first kappa shape index (κ1) is 18.4. The molecule has 28 heavy (non-hydrogen) atoms. The minimum Gasteiger partial charge on any atom is -0.348 e. The van der Waals surface area contributed by atoms with E-state index in [1.54, 1.807) is 18.5 Å². The molecule has 7 nitrogen and oxygen atoms in total. The Balaban J connectivity index is 1.38.